The molecule has 3 aromatic rings. The topological polar surface area (TPSA) is 31.2 Å². The van der Waals surface area contributed by atoms with Crippen molar-refractivity contribution in [3.05, 3.63) is 72.8 Å². The van der Waals surface area contributed by atoms with Crippen molar-refractivity contribution in [1.29, 1.82) is 0 Å². The van der Waals surface area contributed by atoms with Gasteiger partial charge in [0.2, 0.25) is 0 Å². The van der Waals surface area contributed by atoms with E-state index in [9.17, 15) is 4.79 Å². The first-order chi connectivity index (χ1) is 13.5. The van der Waals surface area contributed by atoms with Gasteiger partial charge in [-0.05, 0) is 31.5 Å². The van der Waals surface area contributed by atoms with E-state index < -0.39 is 5.54 Å². The van der Waals surface area contributed by atoms with Crippen molar-refractivity contribution in [2.75, 3.05) is 7.11 Å². The Morgan fingerprint density at radius 2 is 1.82 bits per heavy atom. The summed E-state index contributed by atoms with van der Waals surface area (Å²) in [5, 5.41) is 1.14. The SMILES string of the molecule is C=C(C)[C@H]1CC(=O)C(C)(n2c(-c3ccccc3)cc3ccccc32)CC1OC. The first kappa shape index (κ1) is 18.7. The molecule has 0 bridgehead atoms. The smallest absolute Gasteiger partial charge is 0.159 e. The fourth-order valence-corrected chi connectivity index (χ4v) is 4.66. The minimum absolute atomic E-state index is 0.0232. The number of ketones is 1. The maximum absolute atomic E-state index is 13.5. The summed E-state index contributed by atoms with van der Waals surface area (Å²) in [6, 6.07) is 20.8. The van der Waals surface area contributed by atoms with Gasteiger partial charge in [-0.3, -0.25) is 4.79 Å². The van der Waals surface area contributed by atoms with Crippen molar-refractivity contribution in [1.82, 2.24) is 4.57 Å². The first-order valence-electron chi connectivity index (χ1n) is 9.83. The number of nitrogens with zero attached hydrogens (tertiary/aromatic N) is 1. The van der Waals surface area contributed by atoms with Crippen LogP contribution in [0.5, 0.6) is 0 Å². The summed E-state index contributed by atoms with van der Waals surface area (Å²) < 4.78 is 8.07. The maximum atomic E-state index is 13.5. The summed E-state index contributed by atoms with van der Waals surface area (Å²) in [5.41, 5.74) is 3.62. The number of aromatic nitrogens is 1. The van der Waals surface area contributed by atoms with Gasteiger partial charge in [-0.2, -0.15) is 0 Å². The molecule has 2 aromatic carbocycles. The third-order valence-electron chi connectivity index (χ3n) is 6.26. The lowest BCUT2D eigenvalue weighted by Crippen LogP contribution is -2.50. The quantitative estimate of drug-likeness (QED) is 0.558. The van der Waals surface area contributed by atoms with Crippen molar-refractivity contribution >= 4 is 16.7 Å². The Kier molecular flexibility index (Phi) is 4.72. The maximum Gasteiger partial charge on any atom is 0.159 e. The average Bonchev–Trinajstić information content (AvgIpc) is 3.10. The van der Waals surface area contributed by atoms with E-state index in [1.165, 1.54) is 0 Å². The second kappa shape index (κ2) is 7.06. The van der Waals surface area contributed by atoms with Crippen LogP contribution in [0, 0.1) is 5.92 Å². The molecule has 1 fully saturated rings. The minimum Gasteiger partial charge on any atom is -0.381 e. The third-order valence-corrected chi connectivity index (χ3v) is 6.26. The van der Waals surface area contributed by atoms with Gasteiger partial charge in [0.15, 0.2) is 5.78 Å². The zero-order chi connectivity index (χ0) is 19.9. The van der Waals surface area contributed by atoms with Crippen LogP contribution in [0.3, 0.4) is 0 Å². The molecule has 1 aromatic heterocycles. The predicted molar refractivity (Wildman–Crippen MR) is 114 cm³/mol. The molecule has 1 saturated carbocycles. The van der Waals surface area contributed by atoms with Crippen LogP contribution in [-0.2, 0) is 15.1 Å². The van der Waals surface area contributed by atoms with Crippen LogP contribution < -0.4 is 0 Å². The number of hydrogen-bond acceptors (Lipinski definition) is 2. The Labute approximate surface area is 166 Å². The monoisotopic (exact) mass is 373 g/mol. The van der Waals surface area contributed by atoms with Crippen LogP contribution in [0.1, 0.15) is 26.7 Å². The molecule has 1 aliphatic rings. The Bertz CT molecular complexity index is 1030. The standard InChI is InChI=1S/C25H27NO2/c1-17(2)20-15-24(27)25(3,16-23(20)28-4)26-21-13-9-8-12-19(21)14-22(26)18-10-6-5-7-11-18/h5-14,20,23H,1,15-16H2,2-4H3/t20-,23?,25?/m1/s1. The summed E-state index contributed by atoms with van der Waals surface area (Å²) in [5.74, 6) is 0.319. The summed E-state index contributed by atoms with van der Waals surface area (Å²) in [6.07, 6.45) is 1.08. The van der Waals surface area contributed by atoms with E-state index in [1.54, 1.807) is 7.11 Å². The van der Waals surface area contributed by atoms with E-state index in [1.807, 2.05) is 37.3 Å². The number of Topliss-reactive ketones (excluding diaryl/α,β-unsaturated/α-hetero) is 1. The molecule has 0 spiro atoms. The normalized spacial score (nSPS) is 25.2. The number of rotatable bonds is 4. The van der Waals surface area contributed by atoms with Crippen molar-refractivity contribution < 1.29 is 9.53 Å². The van der Waals surface area contributed by atoms with Gasteiger partial charge in [-0.15, -0.1) is 0 Å². The van der Waals surface area contributed by atoms with Gasteiger partial charge in [0.1, 0.15) is 5.54 Å². The highest BCUT2D eigenvalue weighted by Gasteiger charge is 2.47. The third kappa shape index (κ3) is 2.91. The molecule has 3 heteroatoms. The molecule has 3 atom stereocenters. The van der Waals surface area contributed by atoms with Crippen molar-refractivity contribution in [2.24, 2.45) is 5.92 Å². The molecule has 0 aliphatic heterocycles. The number of carbonyl (C=O) groups is 1. The predicted octanol–water partition coefficient (Wildman–Crippen LogP) is 5.59. The molecular weight excluding hydrogens is 346 g/mol. The molecule has 0 radical (unpaired) electrons. The largest absolute Gasteiger partial charge is 0.381 e. The summed E-state index contributed by atoms with van der Waals surface area (Å²) in [7, 11) is 1.74. The zero-order valence-corrected chi connectivity index (χ0v) is 16.8. The van der Waals surface area contributed by atoms with Crippen LogP contribution in [0.2, 0.25) is 0 Å². The molecule has 144 valence electrons. The van der Waals surface area contributed by atoms with E-state index in [2.05, 4.69) is 48.4 Å². The highest BCUT2D eigenvalue weighted by molar-refractivity contribution is 5.94. The molecule has 2 unspecified atom stereocenters. The lowest BCUT2D eigenvalue weighted by atomic mass is 9.72. The fourth-order valence-electron chi connectivity index (χ4n) is 4.66. The number of fused-ring (bicyclic) bond motifs is 1. The number of carbonyl (C=O) groups excluding carboxylic acids is 1. The average molecular weight is 373 g/mol. The molecule has 1 heterocycles. The lowest BCUT2D eigenvalue weighted by Gasteiger charge is -2.43. The summed E-state index contributed by atoms with van der Waals surface area (Å²) in [4.78, 5) is 13.5. The Morgan fingerprint density at radius 1 is 1.14 bits per heavy atom. The molecule has 3 nitrogen and oxygen atoms in total. The van der Waals surface area contributed by atoms with Gasteiger partial charge >= 0.3 is 0 Å². The number of methoxy groups -OCH3 is 1. The van der Waals surface area contributed by atoms with E-state index in [-0.39, 0.29) is 17.8 Å². The molecular formula is C25H27NO2. The van der Waals surface area contributed by atoms with Crippen LogP contribution >= 0.6 is 0 Å². The highest BCUT2D eigenvalue weighted by atomic mass is 16.5. The molecule has 28 heavy (non-hydrogen) atoms. The fraction of sp³-hybridized carbons (Fsp3) is 0.320. The van der Waals surface area contributed by atoms with Gasteiger partial charge in [0, 0.05) is 36.8 Å². The molecule has 1 aliphatic carbocycles. The number of hydrogen-bond donors (Lipinski definition) is 0. The van der Waals surface area contributed by atoms with Gasteiger partial charge in [-0.1, -0.05) is 60.7 Å². The van der Waals surface area contributed by atoms with Gasteiger partial charge in [-0.25, -0.2) is 0 Å². The number of benzene rings is 2. The van der Waals surface area contributed by atoms with Crippen LogP contribution in [-0.4, -0.2) is 23.6 Å². The van der Waals surface area contributed by atoms with Crippen molar-refractivity contribution in [3.63, 3.8) is 0 Å². The van der Waals surface area contributed by atoms with Crippen LogP contribution in [0.15, 0.2) is 72.8 Å². The van der Waals surface area contributed by atoms with E-state index in [0.717, 1.165) is 27.7 Å². The second-order valence-corrected chi connectivity index (χ2v) is 8.12. The second-order valence-electron chi connectivity index (χ2n) is 8.12. The number of para-hydroxylation sites is 1. The molecule has 4 rings (SSSR count). The Morgan fingerprint density at radius 3 is 2.50 bits per heavy atom. The van der Waals surface area contributed by atoms with Crippen molar-refractivity contribution in [2.45, 2.75) is 38.3 Å². The summed E-state index contributed by atoms with van der Waals surface area (Å²) in [6.45, 7) is 8.16. The summed E-state index contributed by atoms with van der Waals surface area (Å²) >= 11 is 0. The lowest BCUT2D eigenvalue weighted by molar-refractivity contribution is -0.135. The number of ether oxygens (including phenoxy) is 1. The van der Waals surface area contributed by atoms with E-state index >= 15 is 0 Å². The van der Waals surface area contributed by atoms with Crippen LogP contribution in [0.4, 0.5) is 0 Å². The highest BCUT2D eigenvalue weighted by Crippen LogP contribution is 2.43. The van der Waals surface area contributed by atoms with Gasteiger partial charge in [0.05, 0.1) is 11.8 Å². The minimum atomic E-state index is -0.666. The first-order valence-corrected chi connectivity index (χ1v) is 9.83. The van der Waals surface area contributed by atoms with E-state index in [0.29, 0.717) is 12.8 Å². The Balaban J connectivity index is 1.93. The molecule has 0 amide bonds. The molecule has 0 saturated heterocycles. The van der Waals surface area contributed by atoms with Crippen LogP contribution in [0.25, 0.3) is 22.2 Å². The van der Waals surface area contributed by atoms with Gasteiger partial charge < -0.3 is 9.30 Å². The zero-order valence-electron chi connectivity index (χ0n) is 16.8. The Hall–Kier alpha value is -2.65. The van der Waals surface area contributed by atoms with Crippen molar-refractivity contribution in [3.8, 4) is 11.3 Å². The van der Waals surface area contributed by atoms with E-state index in [4.69, 9.17) is 4.74 Å². The van der Waals surface area contributed by atoms with Gasteiger partial charge in [0.25, 0.3) is 0 Å². The molecule has 0 N–H and O–H groups in total.